The highest BCUT2D eigenvalue weighted by Crippen LogP contribution is 2.28. The van der Waals surface area contributed by atoms with Crippen LogP contribution in [0.5, 0.6) is 0 Å². The van der Waals surface area contributed by atoms with Gasteiger partial charge in [-0.25, -0.2) is 0 Å². The summed E-state index contributed by atoms with van der Waals surface area (Å²) < 4.78 is 3.85. The second-order valence-corrected chi connectivity index (χ2v) is 5.76. The zero-order chi connectivity index (χ0) is 13.6. The highest BCUT2D eigenvalue weighted by molar-refractivity contribution is 7.03. The Morgan fingerprint density at radius 2 is 2.21 bits per heavy atom. The van der Waals surface area contributed by atoms with Gasteiger partial charge in [0.1, 0.15) is 0 Å². The molecule has 1 heterocycles. The molecule has 6 heteroatoms. The highest BCUT2D eigenvalue weighted by Gasteiger charge is 2.38. The molecule has 1 fully saturated rings. The summed E-state index contributed by atoms with van der Waals surface area (Å²) in [4.78, 5) is 12.4. The highest BCUT2D eigenvalue weighted by atomic mass is 32.1. The van der Waals surface area contributed by atoms with Crippen LogP contribution in [0.3, 0.4) is 0 Å². The lowest BCUT2D eigenvalue weighted by molar-refractivity contribution is -0.129. The molecule has 1 aromatic rings. The summed E-state index contributed by atoms with van der Waals surface area (Å²) in [5.74, 6) is 0.150. The van der Waals surface area contributed by atoms with Gasteiger partial charge in [-0.1, -0.05) is 30.7 Å². The van der Waals surface area contributed by atoms with E-state index < -0.39 is 5.54 Å². The number of nitrogens with zero attached hydrogens (tertiary/aromatic N) is 2. The van der Waals surface area contributed by atoms with Crippen LogP contribution in [-0.2, 0) is 11.3 Å². The van der Waals surface area contributed by atoms with Gasteiger partial charge in [-0.15, -0.1) is 5.10 Å². The number of aromatic nitrogens is 2. The quantitative estimate of drug-likeness (QED) is 0.835. The van der Waals surface area contributed by atoms with Crippen molar-refractivity contribution in [1.29, 1.82) is 0 Å². The van der Waals surface area contributed by atoms with Crippen molar-refractivity contribution >= 4 is 17.4 Å². The lowest BCUT2D eigenvalue weighted by Gasteiger charge is -2.36. The van der Waals surface area contributed by atoms with Gasteiger partial charge >= 0.3 is 0 Å². The van der Waals surface area contributed by atoms with E-state index in [0.717, 1.165) is 44.3 Å². The first-order valence-electron chi connectivity index (χ1n) is 7.06. The zero-order valence-electron chi connectivity index (χ0n) is 11.4. The maximum atomic E-state index is 12.4. The summed E-state index contributed by atoms with van der Waals surface area (Å²) in [5, 5.41) is 12.4. The molecule has 1 saturated carbocycles. The summed E-state index contributed by atoms with van der Waals surface area (Å²) in [7, 11) is 0. The lowest BCUT2D eigenvalue weighted by atomic mass is 9.80. The number of hydrogen-bond donors (Lipinski definition) is 2. The fraction of sp³-hybridized carbons (Fsp3) is 0.769. The molecule has 1 aliphatic rings. The standard InChI is InChI=1S/C13H22N4OS/c1-2-8-14-12(18)13(6-4-3-5-7-13)15-9-11-10-19-17-16-11/h10,15H,2-9H2,1H3,(H,14,18). The van der Waals surface area contributed by atoms with Gasteiger partial charge < -0.3 is 5.32 Å². The first-order chi connectivity index (χ1) is 9.27. The van der Waals surface area contributed by atoms with Crippen LogP contribution in [-0.4, -0.2) is 27.6 Å². The molecule has 0 aliphatic heterocycles. The number of hydrogen-bond acceptors (Lipinski definition) is 5. The van der Waals surface area contributed by atoms with Gasteiger partial charge in [0.15, 0.2) is 0 Å². The van der Waals surface area contributed by atoms with Crippen molar-refractivity contribution in [2.24, 2.45) is 0 Å². The van der Waals surface area contributed by atoms with Gasteiger partial charge in [-0.05, 0) is 30.8 Å². The van der Waals surface area contributed by atoms with Crippen molar-refractivity contribution in [2.45, 2.75) is 57.5 Å². The van der Waals surface area contributed by atoms with Gasteiger partial charge in [0.25, 0.3) is 0 Å². The van der Waals surface area contributed by atoms with E-state index in [4.69, 9.17) is 0 Å². The zero-order valence-corrected chi connectivity index (χ0v) is 12.3. The maximum Gasteiger partial charge on any atom is 0.240 e. The average molecular weight is 282 g/mol. The molecular weight excluding hydrogens is 260 g/mol. The lowest BCUT2D eigenvalue weighted by Crippen LogP contribution is -2.57. The van der Waals surface area contributed by atoms with Crippen molar-refractivity contribution < 1.29 is 4.79 Å². The summed E-state index contributed by atoms with van der Waals surface area (Å²) in [6.07, 6.45) is 6.25. The monoisotopic (exact) mass is 282 g/mol. The molecule has 2 N–H and O–H groups in total. The van der Waals surface area contributed by atoms with Gasteiger partial charge in [-0.2, -0.15) is 0 Å². The minimum Gasteiger partial charge on any atom is -0.355 e. The van der Waals surface area contributed by atoms with Crippen LogP contribution >= 0.6 is 11.5 Å². The Labute approximate surface area is 118 Å². The fourth-order valence-electron chi connectivity index (χ4n) is 2.57. The van der Waals surface area contributed by atoms with Crippen molar-refractivity contribution in [3.63, 3.8) is 0 Å². The Morgan fingerprint density at radius 1 is 1.42 bits per heavy atom. The number of nitrogens with one attached hydrogen (secondary N) is 2. The Hall–Kier alpha value is -1.01. The molecule has 0 unspecified atom stereocenters. The maximum absolute atomic E-state index is 12.4. The van der Waals surface area contributed by atoms with Crippen LogP contribution < -0.4 is 10.6 Å². The fourth-order valence-corrected chi connectivity index (χ4v) is 3.02. The molecule has 1 amide bonds. The van der Waals surface area contributed by atoms with Crippen LogP contribution in [0.2, 0.25) is 0 Å². The van der Waals surface area contributed by atoms with E-state index in [0.29, 0.717) is 6.54 Å². The number of amides is 1. The molecule has 0 saturated heterocycles. The van der Waals surface area contributed by atoms with E-state index >= 15 is 0 Å². The van der Waals surface area contributed by atoms with Crippen molar-refractivity contribution in [1.82, 2.24) is 20.2 Å². The second-order valence-electron chi connectivity index (χ2n) is 5.15. The first-order valence-corrected chi connectivity index (χ1v) is 7.90. The number of carbonyl (C=O) groups is 1. The molecule has 0 aromatic carbocycles. The largest absolute Gasteiger partial charge is 0.355 e. The van der Waals surface area contributed by atoms with Gasteiger partial charge in [0.2, 0.25) is 5.91 Å². The Kier molecular flexibility index (Phi) is 5.27. The molecule has 0 spiro atoms. The van der Waals surface area contributed by atoms with E-state index in [9.17, 15) is 4.79 Å². The van der Waals surface area contributed by atoms with Crippen molar-refractivity contribution in [3.8, 4) is 0 Å². The molecule has 2 rings (SSSR count). The number of carbonyl (C=O) groups excluding carboxylic acids is 1. The molecule has 5 nitrogen and oxygen atoms in total. The van der Waals surface area contributed by atoms with Gasteiger partial charge in [0, 0.05) is 18.5 Å². The van der Waals surface area contributed by atoms with Gasteiger partial charge in [-0.3, -0.25) is 10.1 Å². The second kappa shape index (κ2) is 6.96. The Morgan fingerprint density at radius 3 is 2.84 bits per heavy atom. The molecule has 1 aromatic heterocycles. The van der Waals surface area contributed by atoms with Crippen LogP contribution in [0.15, 0.2) is 5.38 Å². The molecular formula is C13H22N4OS. The Balaban J connectivity index is 1.99. The molecule has 106 valence electrons. The molecule has 19 heavy (non-hydrogen) atoms. The predicted molar refractivity (Wildman–Crippen MR) is 75.9 cm³/mol. The van der Waals surface area contributed by atoms with Crippen molar-refractivity contribution in [3.05, 3.63) is 11.1 Å². The predicted octanol–water partition coefficient (Wildman–Crippen LogP) is 1.86. The first kappa shape index (κ1) is 14.4. The van der Waals surface area contributed by atoms with E-state index in [1.807, 2.05) is 5.38 Å². The minimum atomic E-state index is -0.406. The summed E-state index contributed by atoms with van der Waals surface area (Å²) in [5.41, 5.74) is 0.509. The average Bonchev–Trinajstić information content (AvgIpc) is 2.97. The third-order valence-electron chi connectivity index (χ3n) is 3.69. The normalized spacial score (nSPS) is 18.2. The van der Waals surface area contributed by atoms with E-state index in [2.05, 4.69) is 27.1 Å². The van der Waals surface area contributed by atoms with E-state index in [-0.39, 0.29) is 5.91 Å². The molecule has 0 atom stereocenters. The summed E-state index contributed by atoms with van der Waals surface area (Å²) >= 11 is 1.35. The van der Waals surface area contributed by atoms with E-state index in [1.54, 1.807) is 0 Å². The van der Waals surface area contributed by atoms with Crippen LogP contribution in [0, 0.1) is 0 Å². The smallest absolute Gasteiger partial charge is 0.240 e. The van der Waals surface area contributed by atoms with Crippen LogP contribution in [0.25, 0.3) is 0 Å². The summed E-state index contributed by atoms with van der Waals surface area (Å²) in [6, 6.07) is 0. The third-order valence-corrected chi connectivity index (χ3v) is 4.24. The topological polar surface area (TPSA) is 66.9 Å². The van der Waals surface area contributed by atoms with Crippen molar-refractivity contribution in [2.75, 3.05) is 6.54 Å². The van der Waals surface area contributed by atoms with Crippen LogP contribution in [0.4, 0.5) is 0 Å². The summed E-state index contributed by atoms with van der Waals surface area (Å²) in [6.45, 7) is 3.44. The van der Waals surface area contributed by atoms with E-state index in [1.165, 1.54) is 18.0 Å². The Bertz CT molecular complexity index is 387. The molecule has 1 aliphatic carbocycles. The van der Waals surface area contributed by atoms with Crippen LogP contribution in [0.1, 0.15) is 51.1 Å². The minimum absolute atomic E-state index is 0.150. The number of rotatable bonds is 6. The van der Waals surface area contributed by atoms with Gasteiger partial charge in [0.05, 0.1) is 11.2 Å². The SMILES string of the molecule is CCCNC(=O)C1(NCc2csnn2)CCCCC1. The molecule has 0 radical (unpaired) electrons. The molecule has 0 bridgehead atoms. The third kappa shape index (κ3) is 3.73.